The molecule has 0 aliphatic heterocycles. The fraction of sp³-hybridized carbons (Fsp3) is 0.500. The Morgan fingerprint density at radius 1 is 1.27 bits per heavy atom. The van der Waals surface area contributed by atoms with Crippen LogP contribution in [0.3, 0.4) is 0 Å². The number of ether oxygens (including phenoxy) is 1. The third kappa shape index (κ3) is 5.45. The van der Waals surface area contributed by atoms with Gasteiger partial charge < -0.3 is 4.74 Å². The SMILES string of the molecule is CCOCCCSc1ccc(CCl)cc1. The zero-order valence-electron chi connectivity index (χ0n) is 9.04. The third-order valence-electron chi connectivity index (χ3n) is 1.98. The second-order valence-electron chi connectivity index (χ2n) is 3.18. The highest BCUT2D eigenvalue weighted by atomic mass is 35.5. The molecule has 1 aromatic rings. The molecule has 0 spiro atoms. The second kappa shape index (κ2) is 8.03. The quantitative estimate of drug-likeness (QED) is 0.408. The summed E-state index contributed by atoms with van der Waals surface area (Å²) in [7, 11) is 0. The van der Waals surface area contributed by atoms with Crippen molar-refractivity contribution in [2.45, 2.75) is 24.1 Å². The van der Waals surface area contributed by atoms with Crippen molar-refractivity contribution in [1.29, 1.82) is 0 Å². The topological polar surface area (TPSA) is 9.23 Å². The Hall–Kier alpha value is -0.180. The van der Waals surface area contributed by atoms with Gasteiger partial charge in [0.05, 0.1) is 0 Å². The van der Waals surface area contributed by atoms with Gasteiger partial charge in [-0.3, -0.25) is 0 Å². The first kappa shape index (κ1) is 12.9. The molecular weight excluding hydrogens is 228 g/mol. The standard InChI is InChI=1S/C12H17ClOS/c1-2-14-8-3-9-15-12-6-4-11(10-13)5-7-12/h4-7H,2-3,8-10H2,1H3. The largest absolute Gasteiger partial charge is 0.382 e. The number of alkyl halides is 1. The highest BCUT2D eigenvalue weighted by Crippen LogP contribution is 2.19. The zero-order valence-corrected chi connectivity index (χ0v) is 10.6. The Balaban J connectivity index is 2.20. The minimum atomic E-state index is 0.593. The van der Waals surface area contributed by atoms with Crippen molar-refractivity contribution in [2.75, 3.05) is 19.0 Å². The van der Waals surface area contributed by atoms with Crippen LogP contribution in [-0.2, 0) is 10.6 Å². The molecule has 15 heavy (non-hydrogen) atoms. The van der Waals surface area contributed by atoms with Crippen molar-refractivity contribution in [3.8, 4) is 0 Å². The lowest BCUT2D eigenvalue weighted by Crippen LogP contribution is -1.94. The summed E-state index contributed by atoms with van der Waals surface area (Å²) in [6, 6.07) is 8.42. The molecule has 0 unspecified atom stereocenters. The van der Waals surface area contributed by atoms with Crippen LogP contribution in [0.1, 0.15) is 18.9 Å². The van der Waals surface area contributed by atoms with Gasteiger partial charge in [0.25, 0.3) is 0 Å². The van der Waals surface area contributed by atoms with Gasteiger partial charge in [0.2, 0.25) is 0 Å². The summed E-state index contributed by atoms with van der Waals surface area (Å²) in [5, 5.41) is 0. The number of benzene rings is 1. The lowest BCUT2D eigenvalue weighted by molar-refractivity contribution is 0.149. The maximum absolute atomic E-state index is 5.72. The molecule has 0 aliphatic carbocycles. The van der Waals surface area contributed by atoms with Crippen LogP contribution >= 0.6 is 23.4 Å². The van der Waals surface area contributed by atoms with E-state index in [4.69, 9.17) is 16.3 Å². The fourth-order valence-corrected chi connectivity index (χ4v) is 2.17. The molecule has 0 saturated carbocycles. The van der Waals surface area contributed by atoms with Gasteiger partial charge >= 0.3 is 0 Å². The summed E-state index contributed by atoms with van der Waals surface area (Å²) in [5.41, 5.74) is 1.18. The lowest BCUT2D eigenvalue weighted by Gasteiger charge is -2.03. The van der Waals surface area contributed by atoms with Gasteiger partial charge in [-0.15, -0.1) is 23.4 Å². The van der Waals surface area contributed by atoms with E-state index < -0.39 is 0 Å². The van der Waals surface area contributed by atoms with Gasteiger partial charge in [-0.25, -0.2) is 0 Å². The van der Waals surface area contributed by atoms with Crippen LogP contribution in [0.4, 0.5) is 0 Å². The van der Waals surface area contributed by atoms with E-state index in [0.717, 1.165) is 25.4 Å². The molecule has 0 saturated heterocycles. The van der Waals surface area contributed by atoms with Gasteiger partial charge in [0.15, 0.2) is 0 Å². The van der Waals surface area contributed by atoms with E-state index >= 15 is 0 Å². The molecule has 0 amide bonds. The maximum atomic E-state index is 5.72. The zero-order chi connectivity index (χ0) is 10.9. The van der Waals surface area contributed by atoms with Crippen LogP contribution < -0.4 is 0 Å². The molecular formula is C12H17ClOS. The van der Waals surface area contributed by atoms with E-state index in [1.54, 1.807) is 0 Å². The smallest absolute Gasteiger partial charge is 0.0474 e. The highest BCUT2D eigenvalue weighted by Gasteiger charge is 1.95. The van der Waals surface area contributed by atoms with E-state index in [2.05, 4.69) is 24.3 Å². The number of hydrogen-bond donors (Lipinski definition) is 0. The summed E-state index contributed by atoms with van der Waals surface area (Å²) in [4.78, 5) is 1.31. The lowest BCUT2D eigenvalue weighted by atomic mass is 10.2. The molecule has 0 fully saturated rings. The molecule has 1 nitrogen and oxygen atoms in total. The fourth-order valence-electron chi connectivity index (χ4n) is 1.17. The number of halogens is 1. The van der Waals surface area contributed by atoms with E-state index in [1.165, 1.54) is 10.5 Å². The summed E-state index contributed by atoms with van der Waals surface area (Å²) >= 11 is 7.58. The van der Waals surface area contributed by atoms with Crippen molar-refractivity contribution in [3.63, 3.8) is 0 Å². The van der Waals surface area contributed by atoms with Crippen LogP contribution in [0.5, 0.6) is 0 Å². The van der Waals surface area contributed by atoms with Crippen molar-refractivity contribution < 1.29 is 4.74 Å². The maximum Gasteiger partial charge on any atom is 0.0474 e. The van der Waals surface area contributed by atoms with Gasteiger partial charge in [0, 0.05) is 29.7 Å². The molecule has 0 bridgehead atoms. The number of thioether (sulfide) groups is 1. The molecule has 0 atom stereocenters. The molecule has 0 heterocycles. The van der Waals surface area contributed by atoms with Crippen molar-refractivity contribution in [2.24, 2.45) is 0 Å². The Labute approximate surface area is 101 Å². The monoisotopic (exact) mass is 244 g/mol. The van der Waals surface area contributed by atoms with Crippen LogP contribution in [0, 0.1) is 0 Å². The predicted molar refractivity (Wildman–Crippen MR) is 67.8 cm³/mol. The van der Waals surface area contributed by atoms with Gasteiger partial charge in [-0.1, -0.05) is 12.1 Å². The summed E-state index contributed by atoms with van der Waals surface area (Å²) in [6.07, 6.45) is 1.11. The van der Waals surface area contributed by atoms with Crippen molar-refractivity contribution in [3.05, 3.63) is 29.8 Å². The first-order valence-corrected chi connectivity index (χ1v) is 6.74. The summed E-state index contributed by atoms with van der Waals surface area (Å²) in [6.45, 7) is 3.70. The Morgan fingerprint density at radius 3 is 2.60 bits per heavy atom. The van der Waals surface area contributed by atoms with Crippen molar-refractivity contribution in [1.82, 2.24) is 0 Å². The Bertz CT molecular complexity index is 261. The molecule has 1 rings (SSSR count). The van der Waals surface area contributed by atoms with Gasteiger partial charge in [-0.2, -0.15) is 0 Å². The van der Waals surface area contributed by atoms with E-state index in [0.29, 0.717) is 5.88 Å². The van der Waals surface area contributed by atoms with E-state index in [9.17, 15) is 0 Å². The second-order valence-corrected chi connectivity index (χ2v) is 4.61. The molecule has 1 aromatic carbocycles. The normalized spacial score (nSPS) is 10.5. The van der Waals surface area contributed by atoms with E-state index in [-0.39, 0.29) is 0 Å². The van der Waals surface area contributed by atoms with Gasteiger partial charge in [0.1, 0.15) is 0 Å². The molecule has 0 N–H and O–H groups in total. The Kier molecular flexibility index (Phi) is 6.90. The molecule has 0 radical (unpaired) electrons. The average molecular weight is 245 g/mol. The van der Waals surface area contributed by atoms with Gasteiger partial charge in [-0.05, 0) is 31.0 Å². The molecule has 0 aromatic heterocycles. The molecule has 0 aliphatic rings. The Morgan fingerprint density at radius 2 is 2.00 bits per heavy atom. The number of hydrogen-bond acceptors (Lipinski definition) is 2. The van der Waals surface area contributed by atoms with Crippen LogP contribution in [0.25, 0.3) is 0 Å². The summed E-state index contributed by atoms with van der Waals surface area (Å²) in [5.74, 6) is 1.70. The van der Waals surface area contributed by atoms with Crippen LogP contribution in [0.15, 0.2) is 29.2 Å². The minimum absolute atomic E-state index is 0.593. The average Bonchev–Trinajstić information content (AvgIpc) is 2.30. The van der Waals surface area contributed by atoms with Crippen LogP contribution in [-0.4, -0.2) is 19.0 Å². The number of rotatable bonds is 7. The minimum Gasteiger partial charge on any atom is -0.382 e. The first-order valence-electron chi connectivity index (χ1n) is 5.22. The van der Waals surface area contributed by atoms with Crippen LogP contribution in [0.2, 0.25) is 0 Å². The predicted octanol–water partition coefficient (Wildman–Crippen LogP) is 3.94. The summed E-state index contributed by atoms with van der Waals surface area (Å²) < 4.78 is 5.28. The van der Waals surface area contributed by atoms with Crippen molar-refractivity contribution >= 4 is 23.4 Å². The molecule has 84 valence electrons. The molecule has 3 heteroatoms. The van der Waals surface area contributed by atoms with E-state index in [1.807, 2.05) is 18.7 Å². The highest BCUT2D eigenvalue weighted by molar-refractivity contribution is 7.99. The third-order valence-corrected chi connectivity index (χ3v) is 3.39. The first-order chi connectivity index (χ1) is 7.36.